The van der Waals surface area contributed by atoms with Gasteiger partial charge in [-0.2, -0.15) is 0 Å². The Bertz CT molecular complexity index is 882. The maximum atomic E-state index is 10.7. The highest BCUT2D eigenvalue weighted by atomic mass is 35.5. The molecule has 6 nitrogen and oxygen atoms in total. The number of hydrogen-bond acceptors (Lipinski definition) is 6. The van der Waals surface area contributed by atoms with E-state index in [4.69, 9.17) is 21.1 Å². The SMILES string of the molecule is CO[C@@]1(c2ccc(Cl)c(Cc3ccc(C4CC4)cc3)c2)O[C@H](CO)[C@@H](O)[C@H](O)[C@H]1O. The van der Waals surface area contributed by atoms with Crippen LogP contribution in [-0.2, 0) is 21.7 Å². The summed E-state index contributed by atoms with van der Waals surface area (Å²) in [6.07, 6.45) is -2.59. The summed E-state index contributed by atoms with van der Waals surface area (Å²) in [6, 6.07) is 13.6. The van der Waals surface area contributed by atoms with Crippen molar-refractivity contribution in [2.75, 3.05) is 13.7 Å². The third-order valence-corrected chi connectivity index (χ3v) is 6.49. The van der Waals surface area contributed by atoms with Crippen molar-refractivity contribution < 1.29 is 29.9 Å². The average Bonchev–Trinajstić information content (AvgIpc) is 3.60. The molecule has 0 bridgehead atoms. The highest BCUT2D eigenvalue weighted by molar-refractivity contribution is 6.31. The van der Waals surface area contributed by atoms with Crippen LogP contribution < -0.4 is 0 Å². The van der Waals surface area contributed by atoms with Gasteiger partial charge in [-0.1, -0.05) is 41.9 Å². The van der Waals surface area contributed by atoms with Gasteiger partial charge in [0.25, 0.3) is 0 Å². The molecule has 1 saturated heterocycles. The maximum Gasteiger partial charge on any atom is 0.224 e. The Morgan fingerprint density at radius 1 is 1.07 bits per heavy atom. The molecule has 2 fully saturated rings. The van der Waals surface area contributed by atoms with E-state index in [2.05, 4.69) is 24.3 Å². The van der Waals surface area contributed by atoms with Crippen LogP contribution >= 0.6 is 11.6 Å². The van der Waals surface area contributed by atoms with Gasteiger partial charge in [-0.3, -0.25) is 0 Å². The zero-order valence-electron chi connectivity index (χ0n) is 16.7. The van der Waals surface area contributed by atoms with Crippen LogP contribution in [0, 0.1) is 0 Å². The van der Waals surface area contributed by atoms with Crippen LogP contribution in [0.3, 0.4) is 0 Å². The molecule has 2 aromatic rings. The minimum absolute atomic E-state index is 0.441. The Hall–Kier alpha value is -1.51. The number of benzene rings is 2. The van der Waals surface area contributed by atoms with E-state index in [-0.39, 0.29) is 0 Å². The van der Waals surface area contributed by atoms with Gasteiger partial charge < -0.3 is 29.9 Å². The minimum atomic E-state index is -1.75. The fourth-order valence-corrected chi connectivity index (χ4v) is 4.32. The number of methoxy groups -OCH3 is 1. The smallest absolute Gasteiger partial charge is 0.224 e. The predicted octanol–water partition coefficient (Wildman–Crippen LogP) is 2.08. The second kappa shape index (κ2) is 8.55. The minimum Gasteiger partial charge on any atom is -0.394 e. The van der Waals surface area contributed by atoms with Crippen molar-refractivity contribution in [1.82, 2.24) is 0 Å². The summed E-state index contributed by atoms with van der Waals surface area (Å²) in [7, 11) is 1.34. The molecule has 1 saturated carbocycles. The number of aliphatic hydroxyl groups is 4. The molecule has 0 aromatic heterocycles. The van der Waals surface area contributed by atoms with Crippen LogP contribution in [0.25, 0.3) is 0 Å². The summed E-state index contributed by atoms with van der Waals surface area (Å²) < 4.78 is 11.3. The molecule has 2 aromatic carbocycles. The molecule has 1 heterocycles. The molecule has 0 spiro atoms. The summed E-state index contributed by atoms with van der Waals surface area (Å²) in [5.74, 6) is -1.06. The Morgan fingerprint density at radius 2 is 1.77 bits per heavy atom. The monoisotopic (exact) mass is 434 g/mol. The number of halogens is 1. The highest BCUT2D eigenvalue weighted by Gasteiger charge is 2.55. The average molecular weight is 435 g/mol. The summed E-state index contributed by atoms with van der Waals surface area (Å²) in [5.41, 5.74) is 3.70. The Labute approximate surface area is 180 Å². The zero-order chi connectivity index (χ0) is 21.5. The Morgan fingerprint density at radius 3 is 2.37 bits per heavy atom. The second-order valence-corrected chi connectivity index (χ2v) is 8.54. The first-order valence-electron chi connectivity index (χ1n) is 10.2. The lowest BCUT2D eigenvalue weighted by atomic mass is 9.87. The van der Waals surface area contributed by atoms with Gasteiger partial charge in [0.05, 0.1) is 6.61 Å². The standard InChI is InChI=1S/C23H27ClO6/c1-29-23(22(28)21(27)20(26)19(12-25)30-23)17-8-9-18(24)16(11-17)10-13-2-4-14(5-3-13)15-6-7-15/h2-5,8-9,11,15,19-22,25-28H,6-7,10,12H2,1H3/t19-,20-,21+,22-,23+/m1/s1. The van der Waals surface area contributed by atoms with Gasteiger partial charge in [-0.25, -0.2) is 0 Å². The number of ether oxygens (including phenoxy) is 2. The van der Waals surface area contributed by atoms with Crippen LogP contribution in [0.2, 0.25) is 5.02 Å². The fraction of sp³-hybridized carbons (Fsp3) is 0.478. The Balaban J connectivity index is 1.65. The van der Waals surface area contributed by atoms with Gasteiger partial charge in [0.15, 0.2) is 0 Å². The van der Waals surface area contributed by atoms with E-state index < -0.39 is 36.8 Å². The van der Waals surface area contributed by atoms with Crippen LogP contribution in [0.1, 0.15) is 41.0 Å². The van der Waals surface area contributed by atoms with Crippen molar-refractivity contribution in [1.29, 1.82) is 0 Å². The van der Waals surface area contributed by atoms with Crippen LogP contribution in [-0.4, -0.2) is 58.6 Å². The normalized spacial score (nSPS) is 31.7. The van der Waals surface area contributed by atoms with Crippen molar-refractivity contribution in [2.24, 2.45) is 0 Å². The molecule has 1 aliphatic carbocycles. The zero-order valence-corrected chi connectivity index (χ0v) is 17.5. The number of aliphatic hydroxyl groups excluding tert-OH is 4. The van der Waals surface area contributed by atoms with Gasteiger partial charge in [-0.05, 0) is 54.0 Å². The van der Waals surface area contributed by atoms with Crippen molar-refractivity contribution >= 4 is 11.6 Å². The lowest BCUT2D eigenvalue weighted by molar-refractivity contribution is -0.366. The molecule has 0 amide bonds. The molecule has 4 rings (SSSR count). The van der Waals surface area contributed by atoms with Gasteiger partial charge >= 0.3 is 0 Å². The number of hydrogen-bond donors (Lipinski definition) is 4. The van der Waals surface area contributed by atoms with E-state index in [0.717, 1.165) is 11.1 Å². The van der Waals surface area contributed by atoms with E-state index in [9.17, 15) is 20.4 Å². The second-order valence-electron chi connectivity index (χ2n) is 8.14. The van der Waals surface area contributed by atoms with Crippen LogP contribution in [0.4, 0.5) is 0 Å². The van der Waals surface area contributed by atoms with Gasteiger partial charge in [0.2, 0.25) is 5.79 Å². The van der Waals surface area contributed by atoms with E-state index in [1.165, 1.54) is 25.5 Å². The highest BCUT2D eigenvalue weighted by Crippen LogP contribution is 2.41. The van der Waals surface area contributed by atoms with Crippen LogP contribution in [0.5, 0.6) is 0 Å². The molecule has 162 valence electrons. The van der Waals surface area contributed by atoms with Crippen molar-refractivity contribution in [2.45, 2.75) is 55.4 Å². The maximum absolute atomic E-state index is 10.7. The summed E-state index contributed by atoms with van der Waals surface area (Å²) in [6.45, 7) is -0.538. The molecule has 1 aliphatic heterocycles. The van der Waals surface area contributed by atoms with E-state index in [0.29, 0.717) is 22.9 Å². The first kappa shape index (κ1) is 21.7. The van der Waals surface area contributed by atoms with Crippen LogP contribution in [0.15, 0.2) is 42.5 Å². The Kier molecular flexibility index (Phi) is 6.19. The van der Waals surface area contributed by atoms with Crippen molar-refractivity contribution in [3.63, 3.8) is 0 Å². The predicted molar refractivity (Wildman–Crippen MR) is 111 cm³/mol. The molecule has 0 unspecified atom stereocenters. The van der Waals surface area contributed by atoms with Gasteiger partial charge in [-0.15, -0.1) is 0 Å². The lowest BCUT2D eigenvalue weighted by Gasteiger charge is -2.47. The van der Waals surface area contributed by atoms with E-state index >= 15 is 0 Å². The summed E-state index contributed by atoms with van der Waals surface area (Å²) in [4.78, 5) is 0. The lowest BCUT2D eigenvalue weighted by Crippen LogP contribution is -2.64. The fourth-order valence-electron chi connectivity index (χ4n) is 4.14. The molecule has 30 heavy (non-hydrogen) atoms. The molecular weight excluding hydrogens is 408 g/mol. The first-order chi connectivity index (χ1) is 14.4. The van der Waals surface area contributed by atoms with Crippen molar-refractivity contribution in [3.05, 3.63) is 69.7 Å². The molecule has 2 aliphatic rings. The van der Waals surface area contributed by atoms with E-state index in [1.54, 1.807) is 18.2 Å². The summed E-state index contributed by atoms with van der Waals surface area (Å²) >= 11 is 6.44. The first-order valence-corrected chi connectivity index (χ1v) is 10.5. The molecular formula is C23H27ClO6. The third-order valence-electron chi connectivity index (χ3n) is 6.12. The van der Waals surface area contributed by atoms with E-state index in [1.807, 2.05) is 0 Å². The number of rotatable bonds is 6. The molecule has 7 heteroatoms. The summed E-state index contributed by atoms with van der Waals surface area (Å²) in [5, 5.41) is 41.2. The molecule has 5 atom stereocenters. The van der Waals surface area contributed by atoms with Gasteiger partial charge in [0.1, 0.15) is 24.4 Å². The largest absolute Gasteiger partial charge is 0.394 e. The molecule has 0 radical (unpaired) electrons. The topological polar surface area (TPSA) is 99.4 Å². The van der Waals surface area contributed by atoms with Gasteiger partial charge in [0, 0.05) is 17.7 Å². The van der Waals surface area contributed by atoms with Crippen molar-refractivity contribution in [3.8, 4) is 0 Å². The third kappa shape index (κ3) is 3.89. The molecule has 4 N–H and O–H groups in total. The quantitative estimate of drug-likeness (QED) is 0.555.